The third kappa shape index (κ3) is 2.44. The van der Waals surface area contributed by atoms with Crippen LogP contribution in [-0.4, -0.2) is 33.2 Å². The zero-order valence-corrected chi connectivity index (χ0v) is 15.5. The number of carbonyl (C=O) groups is 2. The van der Waals surface area contributed by atoms with E-state index in [0.29, 0.717) is 13.0 Å². The lowest BCUT2D eigenvalue weighted by Gasteiger charge is -2.34. The number of hydrogen-bond acceptors (Lipinski definition) is 4. The molecule has 1 fully saturated rings. The first kappa shape index (κ1) is 17.4. The third-order valence-electron chi connectivity index (χ3n) is 5.91. The minimum atomic E-state index is -0.900. The third-order valence-corrected chi connectivity index (χ3v) is 5.91. The van der Waals surface area contributed by atoms with Gasteiger partial charge in [-0.05, 0) is 23.6 Å². The summed E-state index contributed by atoms with van der Waals surface area (Å²) in [6.45, 7) is 0.356. The van der Waals surface area contributed by atoms with Crippen LogP contribution in [0.2, 0.25) is 0 Å². The van der Waals surface area contributed by atoms with E-state index < -0.39 is 22.9 Å². The average Bonchev–Trinajstić information content (AvgIpc) is 3.28. The van der Waals surface area contributed by atoms with Crippen molar-refractivity contribution >= 4 is 17.5 Å². The maximum Gasteiger partial charge on any atom is 0.263 e. The average molecular weight is 386 g/mol. The molecule has 2 atom stereocenters. The largest absolute Gasteiger partial charge is 0.330 e. The quantitative estimate of drug-likeness (QED) is 0.706. The van der Waals surface area contributed by atoms with E-state index in [2.05, 4.69) is 15.3 Å². The van der Waals surface area contributed by atoms with Crippen LogP contribution < -0.4 is 10.9 Å². The minimum Gasteiger partial charge on any atom is -0.330 e. The van der Waals surface area contributed by atoms with Gasteiger partial charge in [-0.25, -0.2) is 4.98 Å². The molecule has 7 heteroatoms. The molecule has 2 unspecified atom stereocenters. The molecule has 1 aromatic heterocycles. The maximum absolute atomic E-state index is 13.3. The second kappa shape index (κ2) is 6.41. The summed E-state index contributed by atoms with van der Waals surface area (Å²) >= 11 is 0. The number of aromatic amines is 1. The van der Waals surface area contributed by atoms with Gasteiger partial charge in [0, 0.05) is 18.4 Å². The van der Waals surface area contributed by atoms with Gasteiger partial charge < -0.3 is 15.2 Å². The van der Waals surface area contributed by atoms with Crippen LogP contribution in [0, 0.1) is 0 Å². The van der Waals surface area contributed by atoms with Crippen molar-refractivity contribution in [1.29, 1.82) is 0 Å². The summed E-state index contributed by atoms with van der Waals surface area (Å²) in [5, 5.41) is 2.98. The van der Waals surface area contributed by atoms with Crippen LogP contribution in [0.4, 0.5) is 5.69 Å². The van der Waals surface area contributed by atoms with Gasteiger partial charge in [0.2, 0.25) is 5.91 Å². The molecule has 3 aromatic rings. The van der Waals surface area contributed by atoms with Crippen molar-refractivity contribution in [3.8, 4) is 0 Å². The number of rotatable bonds is 2. The number of H-pyrrole nitrogens is 1. The molecule has 5 rings (SSSR count). The molecule has 1 spiro atoms. The molecule has 0 aliphatic carbocycles. The first-order valence-corrected chi connectivity index (χ1v) is 9.42. The van der Waals surface area contributed by atoms with Crippen molar-refractivity contribution in [3.05, 3.63) is 94.2 Å². The second-order valence-corrected chi connectivity index (χ2v) is 7.33. The summed E-state index contributed by atoms with van der Waals surface area (Å²) in [6, 6.07) is 16.6. The summed E-state index contributed by atoms with van der Waals surface area (Å²) in [6.07, 6.45) is 3.00. The smallest absolute Gasteiger partial charge is 0.263 e. The van der Waals surface area contributed by atoms with E-state index in [4.69, 9.17) is 0 Å². The molecule has 2 amide bonds. The van der Waals surface area contributed by atoms with E-state index in [1.165, 1.54) is 12.5 Å². The Labute approximate surface area is 166 Å². The number of benzene rings is 2. The monoisotopic (exact) mass is 386 g/mol. The number of amides is 2. The summed E-state index contributed by atoms with van der Waals surface area (Å²) in [7, 11) is 0. The molecule has 1 saturated heterocycles. The Balaban J connectivity index is 1.69. The fourth-order valence-electron chi connectivity index (χ4n) is 4.66. The Hall–Kier alpha value is -3.74. The summed E-state index contributed by atoms with van der Waals surface area (Å²) < 4.78 is 0. The van der Waals surface area contributed by atoms with Gasteiger partial charge in [0.1, 0.15) is 11.0 Å². The van der Waals surface area contributed by atoms with Crippen LogP contribution in [0.25, 0.3) is 0 Å². The zero-order valence-electron chi connectivity index (χ0n) is 15.5. The highest BCUT2D eigenvalue weighted by atomic mass is 16.2. The number of nitrogens with zero attached hydrogens (tertiary/aromatic N) is 2. The van der Waals surface area contributed by atoms with Crippen molar-refractivity contribution in [2.24, 2.45) is 0 Å². The van der Waals surface area contributed by atoms with E-state index in [1.54, 1.807) is 4.90 Å². The predicted octanol–water partition coefficient (Wildman–Crippen LogP) is 2.25. The standard InChI is InChI=1S/C22H18N4O3/c27-19-15(12-23-13-24-19)20(28)26-11-10-22(18(26)14-6-2-1-3-7-14)16-8-4-5-9-17(16)25-21(22)29/h1-9,12-13,18H,10-11H2,(H,25,29)(H,23,24,27). The Bertz CT molecular complexity index is 1170. The Morgan fingerprint density at radius 1 is 1.07 bits per heavy atom. The zero-order chi connectivity index (χ0) is 20.0. The van der Waals surface area contributed by atoms with E-state index >= 15 is 0 Å². The molecule has 0 saturated carbocycles. The number of hydrogen-bond donors (Lipinski definition) is 2. The molecule has 2 aliphatic heterocycles. The van der Waals surface area contributed by atoms with Crippen LogP contribution in [0.3, 0.4) is 0 Å². The maximum atomic E-state index is 13.3. The van der Waals surface area contributed by atoms with Crippen LogP contribution in [0.5, 0.6) is 0 Å². The van der Waals surface area contributed by atoms with E-state index in [9.17, 15) is 14.4 Å². The van der Waals surface area contributed by atoms with Crippen LogP contribution >= 0.6 is 0 Å². The lowest BCUT2D eigenvalue weighted by atomic mass is 9.72. The van der Waals surface area contributed by atoms with Crippen LogP contribution in [0.1, 0.15) is 33.9 Å². The molecule has 29 heavy (non-hydrogen) atoms. The number of nitrogens with one attached hydrogen (secondary N) is 2. The van der Waals surface area contributed by atoms with Gasteiger partial charge in [-0.15, -0.1) is 0 Å². The Kier molecular flexibility index (Phi) is 3.84. The lowest BCUT2D eigenvalue weighted by molar-refractivity contribution is -0.121. The lowest BCUT2D eigenvalue weighted by Crippen LogP contribution is -2.43. The SMILES string of the molecule is O=C(c1cnc[nH]c1=O)N1CCC2(C(=O)Nc3ccccc32)C1c1ccccc1. The van der Waals surface area contributed by atoms with Crippen molar-refractivity contribution in [2.75, 3.05) is 11.9 Å². The highest BCUT2D eigenvalue weighted by Crippen LogP contribution is 2.54. The van der Waals surface area contributed by atoms with Crippen molar-refractivity contribution in [1.82, 2.24) is 14.9 Å². The first-order chi connectivity index (χ1) is 14.1. The van der Waals surface area contributed by atoms with Gasteiger partial charge in [-0.2, -0.15) is 0 Å². The number of likely N-dealkylation sites (tertiary alicyclic amines) is 1. The Morgan fingerprint density at radius 2 is 1.83 bits per heavy atom. The van der Waals surface area contributed by atoms with E-state index in [1.807, 2.05) is 54.6 Å². The fraction of sp³-hybridized carbons (Fsp3) is 0.182. The van der Waals surface area contributed by atoms with Crippen LogP contribution in [0.15, 0.2) is 71.9 Å². The number of para-hydroxylation sites is 1. The summed E-state index contributed by atoms with van der Waals surface area (Å²) in [5.74, 6) is -0.551. The van der Waals surface area contributed by atoms with Gasteiger partial charge in [-0.3, -0.25) is 14.4 Å². The number of fused-ring (bicyclic) bond motifs is 2. The minimum absolute atomic E-state index is 0.0304. The fourth-order valence-corrected chi connectivity index (χ4v) is 4.66. The molecule has 0 bridgehead atoms. The molecular formula is C22H18N4O3. The predicted molar refractivity (Wildman–Crippen MR) is 106 cm³/mol. The normalized spacial score (nSPS) is 22.6. The summed E-state index contributed by atoms with van der Waals surface area (Å²) in [5.41, 5.74) is 1.08. The number of carbonyl (C=O) groups excluding carboxylic acids is 2. The highest BCUT2D eigenvalue weighted by molar-refractivity contribution is 6.08. The van der Waals surface area contributed by atoms with Gasteiger partial charge in [-0.1, -0.05) is 48.5 Å². The van der Waals surface area contributed by atoms with Crippen molar-refractivity contribution in [3.63, 3.8) is 0 Å². The van der Waals surface area contributed by atoms with E-state index in [-0.39, 0.29) is 11.5 Å². The van der Waals surface area contributed by atoms with Gasteiger partial charge in [0.05, 0.1) is 12.4 Å². The van der Waals surface area contributed by atoms with Crippen molar-refractivity contribution < 1.29 is 9.59 Å². The molecule has 2 N–H and O–H groups in total. The molecule has 0 radical (unpaired) electrons. The van der Waals surface area contributed by atoms with Gasteiger partial charge in [0.25, 0.3) is 11.5 Å². The van der Waals surface area contributed by atoms with Gasteiger partial charge in [0.15, 0.2) is 0 Å². The molecule has 7 nitrogen and oxygen atoms in total. The molecule has 144 valence electrons. The molecule has 2 aliphatic rings. The molecule has 3 heterocycles. The van der Waals surface area contributed by atoms with E-state index in [0.717, 1.165) is 16.8 Å². The molecular weight excluding hydrogens is 368 g/mol. The van der Waals surface area contributed by atoms with Gasteiger partial charge >= 0.3 is 0 Å². The summed E-state index contributed by atoms with van der Waals surface area (Å²) in [4.78, 5) is 46.8. The number of anilines is 1. The molecule has 2 aromatic carbocycles. The van der Waals surface area contributed by atoms with Crippen LogP contribution in [-0.2, 0) is 10.2 Å². The highest BCUT2D eigenvalue weighted by Gasteiger charge is 2.59. The first-order valence-electron chi connectivity index (χ1n) is 9.42. The second-order valence-electron chi connectivity index (χ2n) is 7.33. The number of aromatic nitrogens is 2. The topological polar surface area (TPSA) is 95.2 Å². The van der Waals surface area contributed by atoms with Crippen molar-refractivity contribution in [2.45, 2.75) is 17.9 Å². The Morgan fingerprint density at radius 3 is 2.62 bits per heavy atom.